The number of carbonyl (C=O) groups excluding carboxylic acids is 2. The average Bonchev–Trinajstić information content (AvgIpc) is 3.38. The number of nitrogens with one attached hydrogen (secondary N) is 2. The van der Waals surface area contributed by atoms with Crippen LogP contribution in [0.5, 0.6) is 0 Å². The van der Waals surface area contributed by atoms with Crippen LogP contribution in [0.4, 0.5) is 4.79 Å². The van der Waals surface area contributed by atoms with Crippen molar-refractivity contribution in [3.05, 3.63) is 59.7 Å². The number of fused-ring (bicyclic) bond motifs is 3. The lowest BCUT2D eigenvalue weighted by atomic mass is 9.75. The van der Waals surface area contributed by atoms with Crippen molar-refractivity contribution in [1.82, 2.24) is 10.6 Å². The van der Waals surface area contributed by atoms with Crippen molar-refractivity contribution in [2.24, 2.45) is 0 Å². The number of carboxylic acid groups (broad SMARTS) is 1. The summed E-state index contributed by atoms with van der Waals surface area (Å²) in [5, 5.41) is 15.2. The molecule has 0 spiro atoms. The van der Waals surface area contributed by atoms with Gasteiger partial charge in [-0.25, -0.2) is 9.59 Å². The monoisotopic (exact) mass is 448 g/mol. The Morgan fingerprint density at radius 2 is 1.36 bits per heavy atom. The van der Waals surface area contributed by atoms with Crippen LogP contribution in [-0.4, -0.2) is 40.8 Å². The van der Waals surface area contributed by atoms with Crippen molar-refractivity contribution in [2.45, 2.75) is 61.9 Å². The fraction of sp³-hybridized carbons (Fsp3) is 0.423. The van der Waals surface area contributed by atoms with E-state index >= 15 is 0 Å². The van der Waals surface area contributed by atoms with Crippen LogP contribution in [0.3, 0.4) is 0 Å². The van der Waals surface area contributed by atoms with E-state index in [1.165, 1.54) is 0 Å². The lowest BCUT2D eigenvalue weighted by Gasteiger charge is -2.42. The summed E-state index contributed by atoms with van der Waals surface area (Å²) < 4.78 is 5.62. The average molecular weight is 449 g/mol. The Bertz CT molecular complexity index is 1060. The van der Waals surface area contributed by atoms with E-state index < -0.39 is 29.0 Å². The molecule has 5 rings (SSSR count). The van der Waals surface area contributed by atoms with Crippen LogP contribution < -0.4 is 10.6 Å². The zero-order valence-electron chi connectivity index (χ0n) is 18.4. The highest BCUT2D eigenvalue weighted by molar-refractivity contribution is 5.95. The molecule has 0 saturated heterocycles. The molecule has 0 bridgehead atoms. The van der Waals surface area contributed by atoms with Gasteiger partial charge < -0.3 is 20.5 Å². The van der Waals surface area contributed by atoms with Gasteiger partial charge in [0, 0.05) is 5.92 Å². The molecule has 7 heteroatoms. The van der Waals surface area contributed by atoms with E-state index in [0.717, 1.165) is 41.5 Å². The first-order valence-electron chi connectivity index (χ1n) is 11.6. The zero-order chi connectivity index (χ0) is 23.1. The first-order valence-corrected chi connectivity index (χ1v) is 11.6. The Labute approximate surface area is 192 Å². The molecule has 0 aromatic heterocycles. The quantitative estimate of drug-likeness (QED) is 0.620. The Balaban J connectivity index is 1.26. The molecule has 0 unspecified atom stereocenters. The lowest BCUT2D eigenvalue weighted by Crippen LogP contribution is -2.67. The van der Waals surface area contributed by atoms with Crippen molar-refractivity contribution in [3.63, 3.8) is 0 Å². The third-order valence-corrected chi connectivity index (χ3v) is 7.55. The summed E-state index contributed by atoms with van der Waals surface area (Å²) in [6, 6.07) is 16.2. The number of alkyl carbamates (subject to hydrolysis) is 1. The number of amides is 2. The molecule has 0 atom stereocenters. The number of ether oxygens (including phenoxy) is 1. The van der Waals surface area contributed by atoms with E-state index in [9.17, 15) is 19.5 Å². The van der Waals surface area contributed by atoms with Gasteiger partial charge in [-0.3, -0.25) is 4.79 Å². The first-order chi connectivity index (χ1) is 15.9. The van der Waals surface area contributed by atoms with Gasteiger partial charge >= 0.3 is 12.1 Å². The fourth-order valence-corrected chi connectivity index (χ4v) is 5.48. The predicted octanol–water partition coefficient (Wildman–Crippen LogP) is 3.96. The largest absolute Gasteiger partial charge is 0.480 e. The van der Waals surface area contributed by atoms with Crippen molar-refractivity contribution < 1.29 is 24.2 Å². The number of hydrogen-bond acceptors (Lipinski definition) is 4. The van der Waals surface area contributed by atoms with Crippen LogP contribution in [0.25, 0.3) is 11.1 Å². The number of rotatable bonds is 6. The van der Waals surface area contributed by atoms with Crippen molar-refractivity contribution >= 4 is 18.0 Å². The molecule has 0 aliphatic heterocycles. The summed E-state index contributed by atoms with van der Waals surface area (Å²) in [6.07, 6.45) is 3.43. The zero-order valence-corrected chi connectivity index (χ0v) is 18.4. The molecule has 3 N–H and O–H groups in total. The molecule has 0 radical (unpaired) electrons. The molecule has 2 fully saturated rings. The van der Waals surface area contributed by atoms with E-state index in [-0.39, 0.29) is 12.5 Å². The van der Waals surface area contributed by atoms with Crippen LogP contribution in [-0.2, 0) is 14.3 Å². The van der Waals surface area contributed by atoms with Crippen LogP contribution in [0.2, 0.25) is 0 Å². The minimum atomic E-state index is -1.23. The smallest absolute Gasteiger partial charge is 0.408 e. The van der Waals surface area contributed by atoms with E-state index in [1.54, 1.807) is 0 Å². The maximum Gasteiger partial charge on any atom is 0.408 e. The summed E-state index contributed by atoms with van der Waals surface area (Å²) in [7, 11) is 0. The SMILES string of the molecule is O=C(NC1(C(=O)NC2(C(=O)O)CCCC2)CCC1)OCC1c2ccccc2-c2ccccc21. The van der Waals surface area contributed by atoms with Crippen LogP contribution in [0.1, 0.15) is 62.0 Å². The Morgan fingerprint density at radius 3 is 1.88 bits per heavy atom. The molecule has 0 heterocycles. The molecule has 33 heavy (non-hydrogen) atoms. The Kier molecular flexibility index (Phi) is 5.35. The Morgan fingerprint density at radius 1 is 0.818 bits per heavy atom. The standard InChI is InChI=1S/C26H28N2O5/c29-22(27-26(23(30)31)12-5-6-13-26)25(14-7-15-25)28-24(32)33-16-21-19-10-3-1-8-17(19)18-9-2-4-11-20(18)21/h1-4,8-11,21H,5-7,12-16H2,(H,27,29)(H,28,32)(H,30,31). The van der Waals surface area contributed by atoms with Gasteiger partial charge in [-0.05, 0) is 54.4 Å². The van der Waals surface area contributed by atoms with Gasteiger partial charge in [0.1, 0.15) is 17.7 Å². The molecule has 2 amide bonds. The predicted molar refractivity (Wildman–Crippen MR) is 122 cm³/mol. The molecular formula is C26H28N2O5. The highest BCUT2D eigenvalue weighted by Crippen LogP contribution is 2.44. The van der Waals surface area contributed by atoms with Crippen molar-refractivity contribution in [2.75, 3.05) is 6.61 Å². The van der Waals surface area contributed by atoms with Crippen LogP contribution in [0.15, 0.2) is 48.5 Å². The van der Waals surface area contributed by atoms with Crippen molar-refractivity contribution in [1.29, 1.82) is 0 Å². The molecular weight excluding hydrogens is 420 g/mol. The van der Waals surface area contributed by atoms with Gasteiger partial charge in [-0.1, -0.05) is 61.4 Å². The molecule has 2 aromatic carbocycles. The van der Waals surface area contributed by atoms with Gasteiger partial charge in [-0.2, -0.15) is 0 Å². The molecule has 3 aliphatic carbocycles. The summed E-state index contributed by atoms with van der Waals surface area (Å²) in [6.45, 7) is 0.163. The van der Waals surface area contributed by atoms with Gasteiger partial charge in [0.15, 0.2) is 0 Å². The topological polar surface area (TPSA) is 105 Å². The summed E-state index contributed by atoms with van der Waals surface area (Å²) >= 11 is 0. The van der Waals surface area contributed by atoms with E-state index in [4.69, 9.17) is 4.74 Å². The number of hydrogen-bond donors (Lipinski definition) is 3. The number of aliphatic carboxylic acids is 1. The second-order valence-corrected chi connectivity index (χ2v) is 9.43. The summed E-state index contributed by atoms with van der Waals surface area (Å²) in [4.78, 5) is 37.7. The molecule has 3 aliphatic rings. The van der Waals surface area contributed by atoms with Gasteiger partial charge in [0.2, 0.25) is 5.91 Å². The number of benzene rings is 2. The molecule has 7 nitrogen and oxygen atoms in total. The second kappa shape index (κ2) is 8.21. The third kappa shape index (κ3) is 3.65. The second-order valence-electron chi connectivity index (χ2n) is 9.43. The molecule has 2 saturated carbocycles. The van der Waals surface area contributed by atoms with Crippen LogP contribution >= 0.6 is 0 Å². The molecule has 2 aromatic rings. The highest BCUT2D eigenvalue weighted by atomic mass is 16.5. The van der Waals surface area contributed by atoms with E-state index in [1.807, 2.05) is 24.3 Å². The Hall–Kier alpha value is -3.35. The number of carboxylic acids is 1. The maximum absolute atomic E-state index is 13.1. The van der Waals surface area contributed by atoms with Gasteiger partial charge in [0.05, 0.1) is 0 Å². The van der Waals surface area contributed by atoms with Crippen LogP contribution in [0, 0.1) is 0 Å². The number of carbonyl (C=O) groups is 3. The highest BCUT2D eigenvalue weighted by Gasteiger charge is 2.51. The van der Waals surface area contributed by atoms with Gasteiger partial charge in [0.25, 0.3) is 0 Å². The maximum atomic E-state index is 13.1. The normalized spacial score (nSPS) is 19.6. The minimum Gasteiger partial charge on any atom is -0.480 e. The molecule has 172 valence electrons. The van der Waals surface area contributed by atoms with Crippen molar-refractivity contribution in [3.8, 4) is 11.1 Å². The van der Waals surface area contributed by atoms with E-state index in [2.05, 4.69) is 34.9 Å². The van der Waals surface area contributed by atoms with Gasteiger partial charge in [-0.15, -0.1) is 0 Å². The van der Waals surface area contributed by atoms with E-state index in [0.29, 0.717) is 25.7 Å². The lowest BCUT2D eigenvalue weighted by molar-refractivity contribution is -0.149. The first kappa shape index (κ1) is 21.5. The fourth-order valence-electron chi connectivity index (χ4n) is 5.48. The minimum absolute atomic E-state index is 0.0666. The summed E-state index contributed by atoms with van der Waals surface area (Å²) in [5.41, 5.74) is 2.19. The summed E-state index contributed by atoms with van der Waals surface area (Å²) in [5.74, 6) is -1.50. The third-order valence-electron chi connectivity index (χ3n) is 7.55.